The van der Waals surface area contributed by atoms with E-state index in [0.29, 0.717) is 5.69 Å². The third-order valence-electron chi connectivity index (χ3n) is 3.32. The van der Waals surface area contributed by atoms with Crippen LogP contribution in [0.3, 0.4) is 0 Å². The molecular formula is C16H14FN5O. The average Bonchev–Trinajstić information content (AvgIpc) is 2.92. The van der Waals surface area contributed by atoms with Crippen LogP contribution in [0, 0.1) is 12.7 Å². The zero-order chi connectivity index (χ0) is 16.4. The SMILES string of the molecule is Cc1ccc(-n2nnc(C(=O)Nc3ccccc3F)c2N)cc1. The fourth-order valence-electron chi connectivity index (χ4n) is 2.07. The first-order valence-corrected chi connectivity index (χ1v) is 6.90. The topological polar surface area (TPSA) is 85.8 Å². The van der Waals surface area contributed by atoms with Crippen LogP contribution in [0.1, 0.15) is 16.1 Å². The van der Waals surface area contributed by atoms with Crippen molar-refractivity contribution >= 4 is 17.4 Å². The smallest absolute Gasteiger partial charge is 0.280 e. The van der Waals surface area contributed by atoms with E-state index in [0.717, 1.165) is 5.56 Å². The first-order chi connectivity index (χ1) is 11.1. The molecule has 0 unspecified atom stereocenters. The molecule has 3 aromatic rings. The van der Waals surface area contributed by atoms with E-state index in [-0.39, 0.29) is 17.2 Å². The van der Waals surface area contributed by atoms with Crippen molar-refractivity contribution in [3.63, 3.8) is 0 Å². The lowest BCUT2D eigenvalue weighted by molar-refractivity contribution is 0.102. The summed E-state index contributed by atoms with van der Waals surface area (Å²) in [6.07, 6.45) is 0. The lowest BCUT2D eigenvalue weighted by Gasteiger charge is -2.05. The van der Waals surface area contributed by atoms with Gasteiger partial charge in [-0.1, -0.05) is 35.0 Å². The Hall–Kier alpha value is -3.22. The first kappa shape index (κ1) is 14.7. The van der Waals surface area contributed by atoms with Crippen molar-refractivity contribution in [3.8, 4) is 5.69 Å². The van der Waals surface area contributed by atoms with Crippen LogP contribution in [0.5, 0.6) is 0 Å². The van der Waals surface area contributed by atoms with Gasteiger partial charge in [0.2, 0.25) is 0 Å². The summed E-state index contributed by atoms with van der Waals surface area (Å²) in [7, 11) is 0. The number of rotatable bonds is 3. The monoisotopic (exact) mass is 311 g/mol. The molecule has 0 atom stereocenters. The number of carbonyl (C=O) groups excluding carboxylic acids is 1. The summed E-state index contributed by atoms with van der Waals surface area (Å²) in [6, 6.07) is 13.3. The van der Waals surface area contributed by atoms with Gasteiger partial charge in [0.05, 0.1) is 11.4 Å². The number of hydrogen-bond donors (Lipinski definition) is 2. The fraction of sp³-hybridized carbons (Fsp3) is 0.0625. The van der Waals surface area contributed by atoms with Crippen molar-refractivity contribution < 1.29 is 9.18 Å². The van der Waals surface area contributed by atoms with Gasteiger partial charge in [-0.2, -0.15) is 4.68 Å². The van der Waals surface area contributed by atoms with Gasteiger partial charge in [-0.05, 0) is 31.2 Å². The molecule has 0 radical (unpaired) electrons. The quantitative estimate of drug-likeness (QED) is 0.778. The summed E-state index contributed by atoms with van der Waals surface area (Å²) in [6.45, 7) is 1.96. The van der Waals surface area contributed by atoms with Gasteiger partial charge in [0, 0.05) is 0 Å². The van der Waals surface area contributed by atoms with E-state index in [9.17, 15) is 9.18 Å². The standard InChI is InChI=1S/C16H14FN5O/c1-10-6-8-11(9-7-10)22-15(18)14(20-21-22)16(23)19-13-5-3-2-4-12(13)17/h2-9H,18H2,1H3,(H,19,23). The molecule has 0 spiro atoms. The molecule has 0 aliphatic carbocycles. The van der Waals surface area contributed by atoms with Gasteiger partial charge >= 0.3 is 0 Å². The number of carbonyl (C=O) groups is 1. The predicted octanol–water partition coefficient (Wildman–Crippen LogP) is 2.55. The normalized spacial score (nSPS) is 10.5. The number of para-hydroxylation sites is 1. The van der Waals surface area contributed by atoms with Gasteiger partial charge < -0.3 is 11.1 Å². The number of aromatic nitrogens is 3. The van der Waals surface area contributed by atoms with Crippen LogP contribution >= 0.6 is 0 Å². The highest BCUT2D eigenvalue weighted by molar-refractivity contribution is 6.05. The van der Waals surface area contributed by atoms with Crippen molar-refractivity contribution in [1.82, 2.24) is 15.0 Å². The number of aryl methyl sites for hydroxylation is 1. The summed E-state index contributed by atoms with van der Waals surface area (Å²) in [5, 5.41) is 10.1. The van der Waals surface area contributed by atoms with Gasteiger partial charge in [0.1, 0.15) is 5.82 Å². The van der Waals surface area contributed by atoms with Crippen LogP contribution < -0.4 is 11.1 Å². The number of anilines is 2. The van der Waals surface area contributed by atoms with Crippen LogP contribution in [-0.2, 0) is 0 Å². The molecule has 0 aliphatic heterocycles. The zero-order valence-corrected chi connectivity index (χ0v) is 12.3. The van der Waals surface area contributed by atoms with Crippen molar-refractivity contribution in [3.05, 3.63) is 65.6 Å². The van der Waals surface area contributed by atoms with Gasteiger partial charge in [-0.25, -0.2) is 4.39 Å². The second kappa shape index (κ2) is 5.88. The second-order valence-electron chi connectivity index (χ2n) is 5.00. The Kier molecular flexibility index (Phi) is 3.76. The minimum atomic E-state index is -0.619. The molecule has 1 aromatic heterocycles. The number of nitrogens with zero attached hydrogens (tertiary/aromatic N) is 3. The molecule has 0 saturated heterocycles. The molecule has 0 bridgehead atoms. The van der Waals surface area contributed by atoms with Gasteiger partial charge in [0.15, 0.2) is 11.5 Å². The maximum atomic E-state index is 13.6. The van der Waals surface area contributed by atoms with Crippen molar-refractivity contribution in [2.24, 2.45) is 0 Å². The number of amides is 1. The minimum absolute atomic E-state index is 0.0572. The van der Waals surface area contributed by atoms with Crippen molar-refractivity contribution in [2.75, 3.05) is 11.1 Å². The van der Waals surface area contributed by atoms with E-state index in [1.807, 2.05) is 31.2 Å². The van der Waals surface area contributed by atoms with Crippen LogP contribution in [-0.4, -0.2) is 20.9 Å². The van der Waals surface area contributed by atoms with E-state index in [2.05, 4.69) is 15.6 Å². The molecule has 23 heavy (non-hydrogen) atoms. The summed E-state index contributed by atoms with van der Waals surface area (Å²) < 4.78 is 14.9. The Balaban J connectivity index is 1.88. The molecule has 0 saturated carbocycles. The molecule has 3 N–H and O–H groups in total. The van der Waals surface area contributed by atoms with Gasteiger partial charge in [-0.3, -0.25) is 4.79 Å². The Morgan fingerprint density at radius 3 is 2.57 bits per heavy atom. The number of nitrogen functional groups attached to an aromatic ring is 1. The lowest BCUT2D eigenvalue weighted by atomic mass is 10.2. The number of nitrogens with two attached hydrogens (primary N) is 1. The highest BCUT2D eigenvalue weighted by atomic mass is 19.1. The fourth-order valence-corrected chi connectivity index (χ4v) is 2.07. The Morgan fingerprint density at radius 1 is 1.17 bits per heavy atom. The largest absolute Gasteiger partial charge is 0.382 e. The Labute approximate surface area is 131 Å². The number of nitrogens with one attached hydrogen (secondary N) is 1. The highest BCUT2D eigenvalue weighted by Gasteiger charge is 2.19. The molecule has 1 amide bonds. The second-order valence-corrected chi connectivity index (χ2v) is 5.00. The minimum Gasteiger partial charge on any atom is -0.382 e. The van der Waals surface area contributed by atoms with Crippen molar-refractivity contribution in [1.29, 1.82) is 0 Å². The Bertz CT molecular complexity index is 857. The molecule has 3 rings (SSSR count). The summed E-state index contributed by atoms with van der Waals surface area (Å²) in [4.78, 5) is 12.2. The molecule has 7 heteroatoms. The zero-order valence-electron chi connectivity index (χ0n) is 12.3. The van der Waals surface area contributed by atoms with Crippen LogP contribution in [0.2, 0.25) is 0 Å². The number of benzene rings is 2. The summed E-state index contributed by atoms with van der Waals surface area (Å²) >= 11 is 0. The molecular weight excluding hydrogens is 297 g/mol. The number of halogens is 1. The third kappa shape index (κ3) is 2.89. The lowest BCUT2D eigenvalue weighted by Crippen LogP contribution is -2.15. The maximum absolute atomic E-state index is 13.6. The van der Waals surface area contributed by atoms with Crippen LogP contribution in [0.4, 0.5) is 15.9 Å². The highest BCUT2D eigenvalue weighted by Crippen LogP contribution is 2.18. The summed E-state index contributed by atoms with van der Waals surface area (Å²) in [5.41, 5.74) is 7.72. The molecule has 2 aromatic carbocycles. The van der Waals surface area contributed by atoms with Gasteiger partial charge in [-0.15, -0.1) is 5.10 Å². The van der Waals surface area contributed by atoms with E-state index in [1.54, 1.807) is 6.07 Å². The van der Waals surface area contributed by atoms with E-state index < -0.39 is 11.7 Å². The van der Waals surface area contributed by atoms with E-state index >= 15 is 0 Å². The first-order valence-electron chi connectivity index (χ1n) is 6.90. The molecule has 116 valence electrons. The molecule has 6 nitrogen and oxygen atoms in total. The molecule has 0 aliphatic rings. The van der Waals surface area contributed by atoms with E-state index in [4.69, 9.17) is 5.73 Å². The van der Waals surface area contributed by atoms with E-state index in [1.165, 1.54) is 22.9 Å². The Morgan fingerprint density at radius 2 is 1.87 bits per heavy atom. The maximum Gasteiger partial charge on any atom is 0.280 e. The predicted molar refractivity (Wildman–Crippen MR) is 84.9 cm³/mol. The average molecular weight is 311 g/mol. The molecule has 0 fully saturated rings. The number of hydrogen-bond acceptors (Lipinski definition) is 4. The van der Waals surface area contributed by atoms with Crippen molar-refractivity contribution in [2.45, 2.75) is 6.92 Å². The summed E-state index contributed by atoms with van der Waals surface area (Å²) in [5.74, 6) is -1.07. The molecule has 1 heterocycles. The third-order valence-corrected chi connectivity index (χ3v) is 3.32. The van der Waals surface area contributed by atoms with Crippen LogP contribution in [0.15, 0.2) is 48.5 Å². The van der Waals surface area contributed by atoms with Crippen LogP contribution in [0.25, 0.3) is 5.69 Å². The van der Waals surface area contributed by atoms with Gasteiger partial charge in [0.25, 0.3) is 5.91 Å².